The van der Waals surface area contributed by atoms with E-state index in [0.29, 0.717) is 23.6 Å². The Morgan fingerprint density at radius 2 is 1.97 bits per heavy atom. The molecule has 0 spiro atoms. The number of aromatic amines is 1. The van der Waals surface area contributed by atoms with Crippen molar-refractivity contribution in [1.82, 2.24) is 25.1 Å². The second-order valence-electron chi connectivity index (χ2n) is 8.55. The van der Waals surface area contributed by atoms with Crippen molar-refractivity contribution in [3.63, 3.8) is 0 Å². The van der Waals surface area contributed by atoms with Gasteiger partial charge in [-0.25, -0.2) is 9.67 Å². The molecule has 1 aliphatic carbocycles. The normalized spacial score (nSPS) is 16.2. The van der Waals surface area contributed by atoms with Gasteiger partial charge in [-0.3, -0.25) is 19.1 Å². The van der Waals surface area contributed by atoms with E-state index in [2.05, 4.69) is 20.4 Å². The highest BCUT2D eigenvalue weighted by molar-refractivity contribution is 7.66. The van der Waals surface area contributed by atoms with Crippen LogP contribution >= 0.6 is 7.37 Å². The predicted octanol–water partition coefficient (Wildman–Crippen LogP) is 3.50. The molecule has 10 heteroatoms. The van der Waals surface area contributed by atoms with Crippen molar-refractivity contribution < 1.29 is 13.9 Å². The van der Waals surface area contributed by atoms with Gasteiger partial charge in [-0.15, -0.1) is 0 Å². The van der Waals surface area contributed by atoms with Crippen molar-refractivity contribution in [1.29, 1.82) is 0 Å². The predicted molar refractivity (Wildman–Crippen MR) is 130 cm³/mol. The minimum Gasteiger partial charge on any atom is -0.348 e. The van der Waals surface area contributed by atoms with Crippen LogP contribution in [-0.2, 0) is 15.6 Å². The average Bonchev–Trinajstić information content (AvgIpc) is 3.38. The Hall–Kier alpha value is -3.03. The molecule has 34 heavy (non-hydrogen) atoms. The van der Waals surface area contributed by atoms with E-state index in [9.17, 15) is 14.2 Å². The molecule has 2 heterocycles. The van der Waals surface area contributed by atoms with Gasteiger partial charge < -0.3 is 9.84 Å². The van der Waals surface area contributed by atoms with Gasteiger partial charge in [0.2, 0.25) is 13.3 Å². The molecule has 1 aliphatic rings. The number of amides is 1. The third-order valence-electron chi connectivity index (χ3n) is 6.11. The summed E-state index contributed by atoms with van der Waals surface area (Å²) in [4.78, 5) is 33.6. The number of rotatable bonds is 8. The molecule has 180 valence electrons. The number of hydrogen-bond acceptors (Lipinski definition) is 6. The van der Waals surface area contributed by atoms with Gasteiger partial charge in [0, 0.05) is 36.8 Å². The molecule has 0 aliphatic heterocycles. The zero-order chi connectivity index (χ0) is 24.1. The second-order valence-corrected chi connectivity index (χ2v) is 11.0. The van der Waals surface area contributed by atoms with Crippen LogP contribution in [0.15, 0.2) is 47.5 Å². The summed E-state index contributed by atoms with van der Waals surface area (Å²) in [5, 5.41) is 7.63. The van der Waals surface area contributed by atoms with E-state index in [4.69, 9.17) is 4.52 Å². The number of nitrogens with one attached hydrogen (secondary N) is 2. The summed E-state index contributed by atoms with van der Waals surface area (Å²) in [6.45, 7) is 3.99. The average molecular weight is 484 g/mol. The first kappa shape index (κ1) is 24.1. The Labute approximate surface area is 198 Å². The summed E-state index contributed by atoms with van der Waals surface area (Å²) < 4.78 is 19.4. The third-order valence-corrected chi connectivity index (χ3v) is 8.10. The van der Waals surface area contributed by atoms with Crippen LogP contribution in [0.5, 0.6) is 0 Å². The number of nitrogens with zero attached hydrogens (tertiary/aromatic N) is 3. The molecule has 9 nitrogen and oxygen atoms in total. The summed E-state index contributed by atoms with van der Waals surface area (Å²) in [6, 6.07) is 8.85. The monoisotopic (exact) mass is 483 g/mol. The zero-order valence-electron chi connectivity index (χ0n) is 19.5. The molecular formula is C24H30N5O4P. The van der Waals surface area contributed by atoms with Crippen LogP contribution in [-0.4, -0.2) is 38.9 Å². The Balaban J connectivity index is 1.56. The van der Waals surface area contributed by atoms with Gasteiger partial charge in [0.15, 0.2) is 0 Å². The standard InChI is InChI=1S/C24H30N5O4P/c1-3-33-34(2,32)19-12-10-17(11-13-19)16-25-22(30)20-21(18-8-5-4-6-9-18)27-24(28-23(20)31)29-15-7-14-26-29/h7,10-15,18H,3-6,8-9,16H2,1-2H3,(H,25,30)(H,27,28,31)/t34-/m1/s1. The second kappa shape index (κ2) is 10.5. The smallest absolute Gasteiger partial charge is 0.265 e. The lowest BCUT2D eigenvalue weighted by Gasteiger charge is -2.23. The fourth-order valence-corrected chi connectivity index (χ4v) is 5.68. The molecule has 0 radical (unpaired) electrons. The maximum atomic E-state index is 13.2. The topological polar surface area (TPSA) is 119 Å². The molecule has 1 aromatic carbocycles. The molecule has 0 saturated heterocycles. The van der Waals surface area contributed by atoms with Gasteiger partial charge in [-0.2, -0.15) is 5.10 Å². The molecule has 1 fully saturated rings. The SMILES string of the molecule is CCO[P@@](C)(=O)c1ccc(CNC(=O)c2c(C3CCCCC3)nc(-n3cccn3)[nH]c2=O)cc1. The van der Waals surface area contributed by atoms with E-state index < -0.39 is 18.8 Å². The largest absolute Gasteiger partial charge is 0.348 e. The Morgan fingerprint density at radius 1 is 1.24 bits per heavy atom. The lowest BCUT2D eigenvalue weighted by molar-refractivity contribution is 0.0947. The molecular weight excluding hydrogens is 453 g/mol. The summed E-state index contributed by atoms with van der Waals surface area (Å²) in [7, 11) is -2.85. The van der Waals surface area contributed by atoms with Gasteiger partial charge in [0.05, 0.1) is 12.3 Å². The first-order valence-electron chi connectivity index (χ1n) is 11.6. The molecule has 4 rings (SSSR count). The summed E-state index contributed by atoms with van der Waals surface area (Å²) in [6.07, 6.45) is 8.35. The summed E-state index contributed by atoms with van der Waals surface area (Å²) in [5.41, 5.74) is 0.946. The van der Waals surface area contributed by atoms with Crippen LogP contribution in [0.25, 0.3) is 5.95 Å². The summed E-state index contributed by atoms with van der Waals surface area (Å²) >= 11 is 0. The fourth-order valence-electron chi connectivity index (χ4n) is 4.35. The molecule has 2 N–H and O–H groups in total. The minimum atomic E-state index is -2.85. The van der Waals surface area contributed by atoms with Gasteiger partial charge in [0.1, 0.15) is 5.56 Å². The van der Waals surface area contributed by atoms with Gasteiger partial charge in [-0.1, -0.05) is 31.4 Å². The number of hydrogen-bond donors (Lipinski definition) is 2. The van der Waals surface area contributed by atoms with Crippen molar-refractivity contribution in [2.75, 3.05) is 13.3 Å². The maximum Gasteiger partial charge on any atom is 0.265 e. The van der Waals surface area contributed by atoms with Crippen molar-refractivity contribution in [2.24, 2.45) is 0 Å². The number of aromatic nitrogens is 4. The van der Waals surface area contributed by atoms with Crippen LogP contribution in [0, 0.1) is 0 Å². The lowest BCUT2D eigenvalue weighted by atomic mass is 9.85. The van der Waals surface area contributed by atoms with Crippen LogP contribution in [0.1, 0.15) is 66.6 Å². The highest BCUT2D eigenvalue weighted by Gasteiger charge is 2.27. The Bertz CT molecular complexity index is 1230. The molecule has 1 saturated carbocycles. The zero-order valence-corrected chi connectivity index (χ0v) is 20.4. The van der Waals surface area contributed by atoms with Crippen LogP contribution in [0.4, 0.5) is 0 Å². The highest BCUT2D eigenvalue weighted by Crippen LogP contribution is 2.40. The Morgan fingerprint density at radius 3 is 2.62 bits per heavy atom. The van der Waals surface area contributed by atoms with Crippen molar-refractivity contribution in [3.05, 3.63) is 69.9 Å². The maximum absolute atomic E-state index is 13.2. The minimum absolute atomic E-state index is 0.0580. The van der Waals surface area contributed by atoms with E-state index in [1.807, 2.05) is 0 Å². The first-order chi connectivity index (χ1) is 16.4. The molecule has 0 bridgehead atoms. The number of carbonyl (C=O) groups is 1. The van der Waals surface area contributed by atoms with Crippen molar-refractivity contribution >= 4 is 18.6 Å². The van der Waals surface area contributed by atoms with E-state index in [0.717, 1.165) is 37.7 Å². The molecule has 1 amide bonds. The number of benzene rings is 1. The Kier molecular flexibility index (Phi) is 7.44. The molecule has 1 atom stereocenters. The lowest BCUT2D eigenvalue weighted by Crippen LogP contribution is -2.33. The highest BCUT2D eigenvalue weighted by atomic mass is 31.2. The van der Waals surface area contributed by atoms with Crippen molar-refractivity contribution in [3.8, 4) is 5.95 Å². The molecule has 0 unspecified atom stereocenters. The van der Waals surface area contributed by atoms with Gasteiger partial charge >= 0.3 is 0 Å². The quantitative estimate of drug-likeness (QED) is 0.474. The third kappa shape index (κ3) is 5.37. The number of carbonyl (C=O) groups excluding carboxylic acids is 1. The number of H-pyrrole nitrogens is 1. The van der Waals surface area contributed by atoms with E-state index in [1.165, 1.54) is 4.68 Å². The van der Waals surface area contributed by atoms with E-state index >= 15 is 0 Å². The van der Waals surface area contributed by atoms with Crippen LogP contribution < -0.4 is 16.2 Å². The van der Waals surface area contributed by atoms with Gasteiger partial charge in [0.25, 0.3) is 11.5 Å². The van der Waals surface area contributed by atoms with Crippen LogP contribution in [0.3, 0.4) is 0 Å². The molecule has 3 aromatic rings. The molecule has 2 aromatic heterocycles. The van der Waals surface area contributed by atoms with Gasteiger partial charge in [-0.05, 0) is 43.5 Å². The van der Waals surface area contributed by atoms with Crippen molar-refractivity contribution in [2.45, 2.75) is 51.5 Å². The summed E-state index contributed by atoms with van der Waals surface area (Å²) in [5.74, 6) is -0.0930. The first-order valence-corrected chi connectivity index (χ1v) is 13.7. The van der Waals surface area contributed by atoms with E-state index in [1.54, 1.807) is 56.3 Å². The van der Waals surface area contributed by atoms with Crippen LogP contribution in [0.2, 0.25) is 0 Å². The van der Waals surface area contributed by atoms with E-state index in [-0.39, 0.29) is 18.0 Å². The fraction of sp³-hybridized carbons (Fsp3) is 0.417.